The lowest BCUT2D eigenvalue weighted by Gasteiger charge is -2.22. The van der Waals surface area contributed by atoms with Crippen molar-refractivity contribution in [2.75, 3.05) is 5.32 Å². The van der Waals surface area contributed by atoms with Crippen LogP contribution in [0.2, 0.25) is 0 Å². The number of benzene rings is 1. The van der Waals surface area contributed by atoms with Crippen molar-refractivity contribution >= 4 is 17.6 Å². The fraction of sp³-hybridized carbons (Fsp3) is 0.188. The summed E-state index contributed by atoms with van der Waals surface area (Å²) in [6.45, 7) is 1.79. The normalized spacial score (nSPS) is 20.5. The molecule has 0 unspecified atom stereocenters. The average Bonchev–Trinajstić information content (AvgIpc) is 2.88. The predicted molar refractivity (Wildman–Crippen MR) is 81.3 cm³/mol. The summed E-state index contributed by atoms with van der Waals surface area (Å²) in [5.41, 5.74) is -1.85. The Morgan fingerprint density at radius 1 is 1.17 bits per heavy atom. The molecule has 2 aromatic rings. The standard InChI is InChI=1S/C16H13F3N4O/c1-10-7-8-12(20-9-10)22-15(16(17,18)19)14(24)21-13(23-15)11-5-3-2-4-6-11/h2-9H,1H3,(H,20,22)(H,21,23,24)/p+1/t15-/m0/s1. The van der Waals surface area contributed by atoms with E-state index in [1.54, 1.807) is 43.3 Å². The van der Waals surface area contributed by atoms with Crippen LogP contribution in [0.25, 0.3) is 0 Å². The number of halogens is 3. The number of nitrogens with one attached hydrogen (secondary N) is 3. The smallest absolute Gasteiger partial charge is 0.304 e. The van der Waals surface area contributed by atoms with Crippen LogP contribution in [-0.4, -0.2) is 23.6 Å². The van der Waals surface area contributed by atoms with Crippen molar-refractivity contribution < 1.29 is 22.9 Å². The van der Waals surface area contributed by atoms with E-state index in [9.17, 15) is 18.0 Å². The van der Waals surface area contributed by atoms with E-state index >= 15 is 0 Å². The highest BCUT2D eigenvalue weighted by molar-refractivity contribution is 6.16. The summed E-state index contributed by atoms with van der Waals surface area (Å²) in [6.07, 6.45) is -3.40. The zero-order valence-electron chi connectivity index (χ0n) is 12.6. The number of H-pyrrole nitrogens is 1. The highest BCUT2D eigenvalue weighted by atomic mass is 19.4. The number of amidine groups is 1. The molecular weight excluding hydrogens is 321 g/mol. The molecule has 0 bridgehead atoms. The molecule has 1 aliphatic rings. The molecule has 0 radical (unpaired) electrons. The Bertz CT molecular complexity index is 787. The van der Waals surface area contributed by atoms with Gasteiger partial charge in [-0.05, 0) is 18.6 Å². The van der Waals surface area contributed by atoms with Gasteiger partial charge in [0, 0.05) is 11.6 Å². The summed E-state index contributed by atoms with van der Waals surface area (Å²) in [6, 6.07) is 11.2. The highest BCUT2D eigenvalue weighted by Gasteiger charge is 2.68. The second-order valence-electron chi connectivity index (χ2n) is 5.39. The first-order valence-corrected chi connectivity index (χ1v) is 7.12. The molecule has 1 aromatic heterocycles. The fourth-order valence-corrected chi connectivity index (χ4v) is 2.30. The van der Waals surface area contributed by atoms with Crippen LogP contribution in [-0.2, 0) is 4.79 Å². The number of aryl methyl sites for hydroxylation is 1. The van der Waals surface area contributed by atoms with Gasteiger partial charge in [-0.3, -0.25) is 4.79 Å². The second kappa shape index (κ2) is 5.63. The Hall–Kier alpha value is -2.90. The number of carbonyl (C=O) groups excluding carboxylic acids is 1. The molecule has 8 heteroatoms. The van der Waals surface area contributed by atoms with Crippen LogP contribution in [0, 0.1) is 6.92 Å². The van der Waals surface area contributed by atoms with Gasteiger partial charge in [-0.15, -0.1) is 0 Å². The van der Waals surface area contributed by atoms with Gasteiger partial charge in [0.15, 0.2) is 0 Å². The Labute approximate surface area is 135 Å². The average molecular weight is 335 g/mol. The number of pyridine rings is 1. The van der Waals surface area contributed by atoms with Gasteiger partial charge >= 0.3 is 17.7 Å². The molecule has 0 fully saturated rings. The molecule has 124 valence electrons. The molecule has 0 aliphatic carbocycles. The van der Waals surface area contributed by atoms with Gasteiger partial charge in [-0.1, -0.05) is 30.3 Å². The number of hydrogen-bond acceptors (Lipinski definition) is 3. The van der Waals surface area contributed by atoms with Gasteiger partial charge in [-0.25, -0.2) is 15.3 Å². The summed E-state index contributed by atoms with van der Waals surface area (Å²) in [7, 11) is 0. The molecule has 1 atom stereocenters. The quantitative estimate of drug-likeness (QED) is 0.901. The maximum atomic E-state index is 13.7. The third-order valence-electron chi connectivity index (χ3n) is 3.58. The first-order valence-electron chi connectivity index (χ1n) is 7.12. The number of alkyl halides is 3. The minimum Gasteiger partial charge on any atom is -0.304 e. The number of aliphatic imine (C=N–C) groups is 1. The predicted octanol–water partition coefficient (Wildman–Crippen LogP) is 2.06. The van der Waals surface area contributed by atoms with Crippen LogP contribution in [0.15, 0.2) is 53.7 Å². The number of aromatic amines is 1. The van der Waals surface area contributed by atoms with Crippen molar-refractivity contribution in [1.29, 1.82) is 0 Å². The third kappa shape index (κ3) is 2.70. The number of rotatable bonds is 3. The first-order chi connectivity index (χ1) is 11.3. The summed E-state index contributed by atoms with van der Waals surface area (Å²) < 4.78 is 41.0. The third-order valence-corrected chi connectivity index (χ3v) is 3.58. The SMILES string of the molecule is Cc1ccc(N[C@]2(C(F)(F)F)N=C(c3ccccc3)NC2=O)[nH+]c1. The van der Waals surface area contributed by atoms with E-state index in [4.69, 9.17) is 0 Å². The lowest BCUT2D eigenvalue weighted by molar-refractivity contribution is -0.363. The maximum Gasteiger partial charge on any atom is 0.464 e. The van der Waals surface area contributed by atoms with E-state index in [1.165, 1.54) is 12.3 Å². The molecule has 1 amide bonds. The van der Waals surface area contributed by atoms with Crippen LogP contribution in [0.3, 0.4) is 0 Å². The Balaban J connectivity index is 2.04. The van der Waals surface area contributed by atoms with Crippen LogP contribution in [0.1, 0.15) is 11.1 Å². The van der Waals surface area contributed by atoms with E-state index in [1.807, 2.05) is 0 Å². The molecule has 0 saturated carbocycles. The molecule has 1 aliphatic heterocycles. The molecule has 2 heterocycles. The second-order valence-corrected chi connectivity index (χ2v) is 5.39. The number of amides is 1. The zero-order valence-corrected chi connectivity index (χ0v) is 12.6. The van der Waals surface area contributed by atoms with Crippen LogP contribution < -0.4 is 15.6 Å². The van der Waals surface area contributed by atoms with E-state index in [0.717, 1.165) is 5.56 Å². The number of aromatic nitrogens is 1. The van der Waals surface area contributed by atoms with E-state index in [2.05, 4.69) is 20.6 Å². The fourth-order valence-electron chi connectivity index (χ4n) is 2.30. The first kappa shape index (κ1) is 16.0. The van der Waals surface area contributed by atoms with Gasteiger partial charge in [0.05, 0.1) is 6.20 Å². The van der Waals surface area contributed by atoms with E-state index in [-0.39, 0.29) is 11.7 Å². The maximum absolute atomic E-state index is 13.7. The molecule has 1 aromatic carbocycles. The minimum absolute atomic E-state index is 0.0335. The lowest BCUT2D eigenvalue weighted by Crippen LogP contribution is -2.57. The molecular formula is C16H14F3N4O+. The number of nitrogens with zero attached hydrogens (tertiary/aromatic N) is 1. The van der Waals surface area contributed by atoms with Crippen molar-refractivity contribution in [3.05, 3.63) is 59.8 Å². The van der Waals surface area contributed by atoms with Crippen molar-refractivity contribution in [3.63, 3.8) is 0 Å². The molecule has 3 N–H and O–H groups in total. The van der Waals surface area contributed by atoms with Crippen LogP contribution in [0.4, 0.5) is 19.0 Å². The largest absolute Gasteiger partial charge is 0.464 e. The lowest BCUT2D eigenvalue weighted by atomic mass is 10.1. The minimum atomic E-state index is -4.92. The van der Waals surface area contributed by atoms with Gasteiger partial charge in [-0.2, -0.15) is 13.2 Å². The molecule has 3 rings (SSSR count). The van der Waals surface area contributed by atoms with Crippen LogP contribution >= 0.6 is 0 Å². The number of hydrogen-bond donors (Lipinski definition) is 2. The molecule has 24 heavy (non-hydrogen) atoms. The van der Waals surface area contributed by atoms with E-state index in [0.29, 0.717) is 5.56 Å². The Morgan fingerprint density at radius 2 is 1.88 bits per heavy atom. The van der Waals surface area contributed by atoms with Crippen molar-refractivity contribution in [1.82, 2.24) is 5.32 Å². The van der Waals surface area contributed by atoms with Gasteiger partial charge in [0.1, 0.15) is 5.84 Å². The van der Waals surface area contributed by atoms with Crippen molar-refractivity contribution in [2.24, 2.45) is 4.99 Å². The number of anilines is 1. The zero-order chi connectivity index (χ0) is 17.4. The van der Waals surface area contributed by atoms with Crippen molar-refractivity contribution in [2.45, 2.75) is 18.8 Å². The van der Waals surface area contributed by atoms with Gasteiger partial charge in [0.25, 0.3) is 5.82 Å². The Kier molecular flexibility index (Phi) is 3.75. The van der Waals surface area contributed by atoms with Gasteiger partial charge < -0.3 is 5.32 Å². The summed E-state index contributed by atoms with van der Waals surface area (Å²) in [5.74, 6) is -1.37. The monoisotopic (exact) mass is 335 g/mol. The van der Waals surface area contributed by atoms with E-state index < -0.39 is 17.7 Å². The Morgan fingerprint density at radius 3 is 2.46 bits per heavy atom. The van der Waals surface area contributed by atoms with Gasteiger partial charge in [0.2, 0.25) is 0 Å². The summed E-state index contributed by atoms with van der Waals surface area (Å²) >= 11 is 0. The number of carbonyl (C=O) groups is 1. The summed E-state index contributed by atoms with van der Waals surface area (Å²) in [4.78, 5) is 18.5. The molecule has 0 saturated heterocycles. The molecule has 5 nitrogen and oxygen atoms in total. The summed E-state index contributed by atoms with van der Waals surface area (Å²) in [5, 5.41) is 4.40. The molecule has 0 spiro atoms. The van der Waals surface area contributed by atoms with Crippen LogP contribution in [0.5, 0.6) is 0 Å². The highest BCUT2D eigenvalue weighted by Crippen LogP contribution is 2.37. The van der Waals surface area contributed by atoms with Crippen molar-refractivity contribution in [3.8, 4) is 0 Å². The topological polar surface area (TPSA) is 67.6 Å².